The zero-order valence-corrected chi connectivity index (χ0v) is 12.5. The van der Waals surface area contributed by atoms with Crippen LogP contribution in [0.5, 0.6) is 0 Å². The van der Waals surface area contributed by atoms with Crippen LogP contribution in [0.15, 0.2) is 53.0 Å². The quantitative estimate of drug-likeness (QED) is 0.856. The summed E-state index contributed by atoms with van der Waals surface area (Å²) in [6, 6.07) is 15.6. The van der Waals surface area contributed by atoms with Gasteiger partial charge in [0.25, 0.3) is 0 Å². The SMILES string of the molecule is CNC(CCc1cc(Br)ccc1F)c1ccccc1. The predicted octanol–water partition coefficient (Wildman–Crippen LogP) is 4.48. The first kappa shape index (κ1) is 14.2. The van der Waals surface area contributed by atoms with Crippen LogP contribution in [-0.4, -0.2) is 7.05 Å². The van der Waals surface area contributed by atoms with Crippen LogP contribution in [0.2, 0.25) is 0 Å². The van der Waals surface area contributed by atoms with Gasteiger partial charge in [0, 0.05) is 10.5 Å². The van der Waals surface area contributed by atoms with Crippen LogP contribution in [0.1, 0.15) is 23.6 Å². The van der Waals surface area contributed by atoms with E-state index in [2.05, 4.69) is 33.4 Å². The molecular weight excluding hydrogens is 305 g/mol. The lowest BCUT2D eigenvalue weighted by Gasteiger charge is -2.16. The third-order valence-electron chi connectivity index (χ3n) is 3.26. The lowest BCUT2D eigenvalue weighted by atomic mass is 9.99. The Bertz CT molecular complexity index is 528. The molecule has 0 saturated heterocycles. The second kappa shape index (κ2) is 6.83. The Hall–Kier alpha value is -1.19. The molecule has 2 rings (SSSR count). The van der Waals surface area contributed by atoms with Gasteiger partial charge in [0.2, 0.25) is 0 Å². The molecule has 0 aromatic heterocycles. The van der Waals surface area contributed by atoms with Crippen molar-refractivity contribution in [2.75, 3.05) is 7.05 Å². The Labute approximate surface area is 122 Å². The van der Waals surface area contributed by atoms with Gasteiger partial charge >= 0.3 is 0 Å². The summed E-state index contributed by atoms with van der Waals surface area (Å²) in [7, 11) is 1.94. The maximum absolute atomic E-state index is 13.7. The molecule has 0 aliphatic heterocycles. The summed E-state index contributed by atoms with van der Waals surface area (Å²) in [4.78, 5) is 0. The van der Waals surface area contributed by atoms with E-state index >= 15 is 0 Å². The van der Waals surface area contributed by atoms with E-state index in [1.165, 1.54) is 11.6 Å². The normalized spacial score (nSPS) is 12.4. The van der Waals surface area contributed by atoms with Crippen LogP contribution in [0.3, 0.4) is 0 Å². The minimum Gasteiger partial charge on any atom is -0.313 e. The average Bonchev–Trinajstić information content (AvgIpc) is 2.44. The van der Waals surface area contributed by atoms with Gasteiger partial charge in [-0.3, -0.25) is 0 Å². The number of hydrogen-bond acceptors (Lipinski definition) is 1. The number of rotatable bonds is 5. The molecule has 0 amide bonds. The number of aryl methyl sites for hydroxylation is 1. The zero-order chi connectivity index (χ0) is 13.7. The van der Waals surface area contributed by atoms with Crippen molar-refractivity contribution in [2.45, 2.75) is 18.9 Å². The van der Waals surface area contributed by atoms with Crippen molar-refractivity contribution in [1.82, 2.24) is 5.32 Å². The molecule has 2 aromatic carbocycles. The van der Waals surface area contributed by atoms with Gasteiger partial charge in [-0.2, -0.15) is 0 Å². The van der Waals surface area contributed by atoms with Crippen molar-refractivity contribution in [1.29, 1.82) is 0 Å². The first-order chi connectivity index (χ1) is 9.20. The number of halogens is 2. The highest BCUT2D eigenvalue weighted by Crippen LogP contribution is 2.22. The fraction of sp³-hybridized carbons (Fsp3) is 0.250. The Kier molecular flexibility index (Phi) is 5.11. The molecule has 0 aliphatic rings. The Morgan fingerprint density at radius 2 is 1.89 bits per heavy atom. The van der Waals surface area contributed by atoms with Crippen molar-refractivity contribution in [2.24, 2.45) is 0 Å². The van der Waals surface area contributed by atoms with Crippen LogP contribution in [0.4, 0.5) is 4.39 Å². The standard InChI is InChI=1S/C16H17BrFN/c1-19-16(12-5-3-2-4-6-12)10-7-13-11-14(17)8-9-15(13)18/h2-6,8-9,11,16,19H,7,10H2,1H3. The van der Waals surface area contributed by atoms with Crippen LogP contribution < -0.4 is 5.32 Å². The number of hydrogen-bond donors (Lipinski definition) is 1. The van der Waals surface area contributed by atoms with E-state index in [1.54, 1.807) is 6.07 Å². The fourth-order valence-corrected chi connectivity index (χ4v) is 2.61. The molecule has 0 bridgehead atoms. The summed E-state index contributed by atoms with van der Waals surface area (Å²) in [5, 5.41) is 3.29. The molecule has 1 N–H and O–H groups in total. The minimum atomic E-state index is -0.133. The Morgan fingerprint density at radius 1 is 1.16 bits per heavy atom. The van der Waals surface area contributed by atoms with Gasteiger partial charge in [0.05, 0.1) is 0 Å². The van der Waals surface area contributed by atoms with E-state index in [-0.39, 0.29) is 11.9 Å². The molecule has 19 heavy (non-hydrogen) atoms. The molecule has 1 unspecified atom stereocenters. The van der Waals surface area contributed by atoms with Gasteiger partial charge in [-0.05, 0) is 49.2 Å². The van der Waals surface area contributed by atoms with E-state index in [1.807, 2.05) is 31.3 Å². The molecule has 0 radical (unpaired) electrons. The molecule has 0 spiro atoms. The van der Waals surface area contributed by atoms with Gasteiger partial charge in [-0.15, -0.1) is 0 Å². The summed E-state index contributed by atoms with van der Waals surface area (Å²) in [5.74, 6) is -0.133. The predicted molar refractivity (Wildman–Crippen MR) is 80.7 cm³/mol. The highest BCUT2D eigenvalue weighted by molar-refractivity contribution is 9.10. The third-order valence-corrected chi connectivity index (χ3v) is 3.75. The van der Waals surface area contributed by atoms with Crippen molar-refractivity contribution in [3.63, 3.8) is 0 Å². The monoisotopic (exact) mass is 321 g/mol. The number of nitrogens with one attached hydrogen (secondary N) is 1. The van der Waals surface area contributed by atoms with E-state index < -0.39 is 0 Å². The van der Waals surface area contributed by atoms with Crippen LogP contribution in [-0.2, 0) is 6.42 Å². The summed E-state index contributed by atoms with van der Waals surface area (Å²) in [6.45, 7) is 0. The molecule has 2 aromatic rings. The maximum atomic E-state index is 13.7. The van der Waals surface area contributed by atoms with Crippen molar-refractivity contribution >= 4 is 15.9 Å². The van der Waals surface area contributed by atoms with Crippen molar-refractivity contribution < 1.29 is 4.39 Å². The smallest absolute Gasteiger partial charge is 0.126 e. The van der Waals surface area contributed by atoms with E-state index in [0.29, 0.717) is 6.42 Å². The summed E-state index contributed by atoms with van der Waals surface area (Å²) in [5.41, 5.74) is 1.99. The molecule has 0 saturated carbocycles. The van der Waals surface area contributed by atoms with Crippen molar-refractivity contribution in [3.05, 3.63) is 69.9 Å². The molecular formula is C16H17BrFN. The Morgan fingerprint density at radius 3 is 2.58 bits per heavy atom. The van der Waals surface area contributed by atoms with Gasteiger partial charge in [-0.25, -0.2) is 4.39 Å². The van der Waals surface area contributed by atoms with Gasteiger partial charge in [0.15, 0.2) is 0 Å². The first-order valence-corrected chi connectivity index (χ1v) is 7.16. The lowest BCUT2D eigenvalue weighted by Crippen LogP contribution is -2.17. The molecule has 3 heteroatoms. The van der Waals surface area contributed by atoms with E-state index in [0.717, 1.165) is 16.5 Å². The second-order valence-corrected chi connectivity index (χ2v) is 5.44. The van der Waals surface area contributed by atoms with Gasteiger partial charge in [0.1, 0.15) is 5.82 Å². The van der Waals surface area contributed by atoms with Gasteiger partial charge in [-0.1, -0.05) is 46.3 Å². The summed E-state index contributed by atoms with van der Waals surface area (Å²) in [6.07, 6.45) is 1.58. The number of benzene rings is 2. The van der Waals surface area contributed by atoms with Crippen LogP contribution in [0.25, 0.3) is 0 Å². The second-order valence-electron chi connectivity index (χ2n) is 4.53. The lowest BCUT2D eigenvalue weighted by molar-refractivity contribution is 0.534. The molecule has 1 atom stereocenters. The average molecular weight is 322 g/mol. The molecule has 0 aliphatic carbocycles. The Balaban J connectivity index is 2.06. The van der Waals surface area contributed by atoms with Gasteiger partial charge < -0.3 is 5.32 Å². The molecule has 0 heterocycles. The fourth-order valence-electron chi connectivity index (χ4n) is 2.20. The first-order valence-electron chi connectivity index (χ1n) is 6.37. The van der Waals surface area contributed by atoms with E-state index in [4.69, 9.17) is 0 Å². The topological polar surface area (TPSA) is 12.0 Å². The van der Waals surface area contributed by atoms with Crippen LogP contribution in [0, 0.1) is 5.82 Å². The summed E-state index contributed by atoms with van der Waals surface area (Å²) < 4.78 is 14.6. The zero-order valence-electron chi connectivity index (χ0n) is 10.9. The third kappa shape index (κ3) is 3.88. The highest BCUT2D eigenvalue weighted by atomic mass is 79.9. The van der Waals surface area contributed by atoms with Crippen molar-refractivity contribution in [3.8, 4) is 0 Å². The molecule has 0 fully saturated rings. The minimum absolute atomic E-state index is 0.133. The van der Waals surface area contributed by atoms with Crippen LogP contribution >= 0.6 is 15.9 Å². The largest absolute Gasteiger partial charge is 0.313 e. The summed E-state index contributed by atoms with van der Waals surface area (Å²) >= 11 is 3.38. The highest BCUT2D eigenvalue weighted by Gasteiger charge is 2.10. The molecule has 100 valence electrons. The molecule has 1 nitrogen and oxygen atoms in total. The maximum Gasteiger partial charge on any atom is 0.126 e. The van der Waals surface area contributed by atoms with E-state index in [9.17, 15) is 4.39 Å².